The van der Waals surface area contributed by atoms with Crippen LogP contribution in [0.1, 0.15) is 38.4 Å². The van der Waals surface area contributed by atoms with Gasteiger partial charge in [-0.25, -0.2) is 4.39 Å². The minimum Gasteiger partial charge on any atom is -0.397 e. The molecule has 0 radical (unpaired) electrons. The van der Waals surface area contributed by atoms with Gasteiger partial charge in [0.25, 0.3) is 0 Å². The van der Waals surface area contributed by atoms with E-state index >= 15 is 0 Å². The zero-order valence-corrected chi connectivity index (χ0v) is 13.1. The van der Waals surface area contributed by atoms with Crippen LogP contribution in [0.5, 0.6) is 0 Å². The minimum absolute atomic E-state index is 0.0159. The van der Waals surface area contributed by atoms with Gasteiger partial charge in [-0.3, -0.25) is 4.98 Å². The van der Waals surface area contributed by atoms with Gasteiger partial charge in [0.15, 0.2) is 0 Å². The third kappa shape index (κ3) is 3.57. The highest BCUT2D eigenvalue weighted by Crippen LogP contribution is 2.53. The number of nitrogens with two attached hydrogens (primary N) is 1. The van der Waals surface area contributed by atoms with Gasteiger partial charge >= 0.3 is 18.0 Å². The van der Waals surface area contributed by atoms with Crippen LogP contribution >= 0.6 is 0 Å². The number of rotatable bonds is 4. The fraction of sp³-hybridized carbons (Fsp3) is 0.643. The number of alkyl halides is 7. The summed E-state index contributed by atoms with van der Waals surface area (Å²) < 4.78 is 90.8. The van der Waals surface area contributed by atoms with E-state index in [1.807, 2.05) is 0 Å². The number of anilines is 1. The van der Waals surface area contributed by atoms with Crippen molar-refractivity contribution in [2.45, 2.75) is 50.8 Å². The van der Waals surface area contributed by atoms with Gasteiger partial charge in [0, 0.05) is 5.56 Å². The smallest absolute Gasteiger partial charge is 0.397 e. The van der Waals surface area contributed by atoms with E-state index in [4.69, 9.17) is 5.73 Å². The van der Waals surface area contributed by atoms with E-state index in [9.17, 15) is 35.8 Å². The maximum atomic E-state index is 14.1. The monoisotopic (exact) mass is 362 g/mol. The van der Waals surface area contributed by atoms with Crippen molar-refractivity contribution in [3.63, 3.8) is 0 Å². The first-order valence-corrected chi connectivity index (χ1v) is 6.85. The van der Waals surface area contributed by atoms with Gasteiger partial charge in [-0.15, -0.1) is 0 Å². The minimum atomic E-state index is -6.28. The first-order valence-electron chi connectivity index (χ1n) is 6.85. The third-order valence-corrected chi connectivity index (χ3v) is 3.45. The molecule has 1 unspecified atom stereocenters. The molecule has 0 saturated heterocycles. The molecule has 1 heterocycles. The molecule has 1 rings (SSSR count). The fourth-order valence-electron chi connectivity index (χ4n) is 2.48. The molecule has 138 valence electrons. The van der Waals surface area contributed by atoms with Crippen molar-refractivity contribution in [2.24, 2.45) is 5.92 Å². The molecule has 3 nitrogen and oxygen atoms in total. The van der Waals surface area contributed by atoms with Crippen LogP contribution in [-0.2, 0) is 11.3 Å². The first-order chi connectivity index (χ1) is 10.5. The average Bonchev–Trinajstić information content (AvgIpc) is 2.33. The number of nitrogens with zero attached hydrogens (tertiary/aromatic N) is 1. The molecule has 10 heteroatoms. The van der Waals surface area contributed by atoms with E-state index in [1.165, 1.54) is 6.92 Å². The summed E-state index contributed by atoms with van der Waals surface area (Å²) in [4.78, 5) is 2.89. The molecule has 0 saturated carbocycles. The molecular weight excluding hydrogens is 345 g/mol. The van der Waals surface area contributed by atoms with Crippen LogP contribution in [0.15, 0.2) is 12.3 Å². The molecule has 0 aliphatic heterocycles. The Labute approximate surface area is 133 Å². The summed E-state index contributed by atoms with van der Waals surface area (Å²) in [5.74, 6) is -0.156. The molecule has 0 aromatic carbocycles. The highest BCUT2D eigenvalue weighted by atomic mass is 19.4. The van der Waals surface area contributed by atoms with Crippen molar-refractivity contribution in [3.05, 3.63) is 23.5 Å². The average molecular weight is 362 g/mol. The molecule has 24 heavy (non-hydrogen) atoms. The van der Waals surface area contributed by atoms with Crippen LogP contribution < -0.4 is 5.73 Å². The first kappa shape index (κ1) is 20.5. The van der Waals surface area contributed by atoms with Crippen molar-refractivity contribution in [1.29, 1.82) is 0 Å². The largest absolute Gasteiger partial charge is 0.437 e. The SMILES string of the molecule is CC(C)CC(C)(O)c1cc(C(F)(C(F)(F)F)C(F)(F)F)ncc1N. The van der Waals surface area contributed by atoms with Crippen molar-refractivity contribution in [3.8, 4) is 0 Å². The molecule has 1 aromatic rings. The second-order valence-electron chi connectivity index (χ2n) is 6.18. The zero-order valence-electron chi connectivity index (χ0n) is 13.1. The van der Waals surface area contributed by atoms with Crippen molar-refractivity contribution >= 4 is 5.69 Å². The van der Waals surface area contributed by atoms with Gasteiger partial charge in [0.1, 0.15) is 0 Å². The Hall–Kier alpha value is -1.58. The lowest BCUT2D eigenvalue weighted by atomic mass is 9.85. The second-order valence-corrected chi connectivity index (χ2v) is 6.18. The van der Waals surface area contributed by atoms with Crippen LogP contribution in [0, 0.1) is 5.92 Å². The topological polar surface area (TPSA) is 59.1 Å². The predicted octanol–water partition coefficient (Wildman–Crippen LogP) is 4.21. The van der Waals surface area contributed by atoms with Gasteiger partial charge in [-0.2, -0.15) is 26.3 Å². The quantitative estimate of drug-likeness (QED) is 0.789. The lowest BCUT2D eigenvalue weighted by molar-refractivity contribution is -0.350. The van der Waals surface area contributed by atoms with Gasteiger partial charge < -0.3 is 10.8 Å². The standard InChI is InChI=1S/C14H17F7N2O/c1-7(2)5-11(3,24)8-4-10(23-6-9(8)22)12(15,13(16,17)18)14(19,20)21/h4,6-7,24H,5,22H2,1-3H3. The summed E-state index contributed by atoms with van der Waals surface area (Å²) in [5, 5.41) is 10.3. The maximum absolute atomic E-state index is 14.1. The van der Waals surface area contributed by atoms with Crippen molar-refractivity contribution in [1.82, 2.24) is 4.98 Å². The Balaban J connectivity index is 3.60. The van der Waals surface area contributed by atoms with Crippen LogP contribution in [0.3, 0.4) is 0 Å². The number of hydrogen-bond donors (Lipinski definition) is 2. The molecule has 1 atom stereocenters. The lowest BCUT2D eigenvalue weighted by Crippen LogP contribution is -2.51. The van der Waals surface area contributed by atoms with E-state index in [0.29, 0.717) is 6.20 Å². The van der Waals surface area contributed by atoms with Crippen LogP contribution in [0.4, 0.5) is 36.4 Å². The fourth-order valence-corrected chi connectivity index (χ4v) is 2.48. The maximum Gasteiger partial charge on any atom is 0.437 e. The number of aromatic nitrogens is 1. The summed E-state index contributed by atoms with van der Waals surface area (Å²) >= 11 is 0. The molecule has 0 amide bonds. The van der Waals surface area contributed by atoms with E-state index in [0.717, 1.165) is 0 Å². The predicted molar refractivity (Wildman–Crippen MR) is 72.6 cm³/mol. The normalized spacial score (nSPS) is 16.3. The van der Waals surface area contributed by atoms with E-state index in [2.05, 4.69) is 4.98 Å². The Bertz CT molecular complexity index is 580. The van der Waals surface area contributed by atoms with Gasteiger partial charge in [0.2, 0.25) is 0 Å². The zero-order chi connectivity index (χ0) is 19.1. The lowest BCUT2D eigenvalue weighted by Gasteiger charge is -2.32. The molecule has 3 N–H and O–H groups in total. The number of aliphatic hydroxyl groups is 1. The van der Waals surface area contributed by atoms with E-state index in [1.54, 1.807) is 13.8 Å². The van der Waals surface area contributed by atoms with Crippen molar-refractivity contribution < 1.29 is 35.8 Å². The molecule has 0 fully saturated rings. The number of pyridine rings is 1. The summed E-state index contributed by atoms with van der Waals surface area (Å²) in [6.07, 6.45) is -12.1. The summed E-state index contributed by atoms with van der Waals surface area (Å²) in [5.41, 5.74) is -4.72. The number of hydrogen-bond acceptors (Lipinski definition) is 3. The molecular formula is C14H17F7N2O. The van der Waals surface area contributed by atoms with E-state index in [-0.39, 0.29) is 24.1 Å². The Morgan fingerprint density at radius 3 is 1.92 bits per heavy atom. The third-order valence-electron chi connectivity index (χ3n) is 3.45. The van der Waals surface area contributed by atoms with Crippen molar-refractivity contribution in [2.75, 3.05) is 5.73 Å². The van der Waals surface area contributed by atoms with Crippen LogP contribution in [-0.4, -0.2) is 22.4 Å². The van der Waals surface area contributed by atoms with Crippen LogP contribution in [0.25, 0.3) is 0 Å². The Morgan fingerprint density at radius 1 is 1.08 bits per heavy atom. The highest BCUT2D eigenvalue weighted by molar-refractivity contribution is 5.49. The summed E-state index contributed by atoms with van der Waals surface area (Å²) in [7, 11) is 0. The Kier molecular flexibility index (Phi) is 5.16. The van der Waals surface area contributed by atoms with Gasteiger partial charge in [-0.1, -0.05) is 13.8 Å². The summed E-state index contributed by atoms with van der Waals surface area (Å²) in [6.45, 7) is 4.53. The molecule has 0 aliphatic rings. The highest BCUT2D eigenvalue weighted by Gasteiger charge is 2.74. The molecule has 1 aromatic heterocycles. The molecule has 0 spiro atoms. The van der Waals surface area contributed by atoms with Crippen LogP contribution in [0.2, 0.25) is 0 Å². The summed E-state index contributed by atoms with van der Waals surface area (Å²) in [6, 6.07) is 0.221. The van der Waals surface area contributed by atoms with Gasteiger partial charge in [-0.05, 0) is 25.3 Å². The molecule has 0 bridgehead atoms. The number of halogens is 7. The van der Waals surface area contributed by atoms with Gasteiger partial charge in [0.05, 0.1) is 23.2 Å². The number of nitrogen functional groups attached to an aromatic ring is 1. The Morgan fingerprint density at radius 2 is 1.54 bits per heavy atom. The second kappa shape index (κ2) is 6.05. The van der Waals surface area contributed by atoms with E-state index < -0.39 is 34.9 Å². The molecule has 0 aliphatic carbocycles.